The van der Waals surface area contributed by atoms with Gasteiger partial charge in [-0.3, -0.25) is 0 Å². The van der Waals surface area contributed by atoms with Gasteiger partial charge in [0.25, 0.3) is 0 Å². The van der Waals surface area contributed by atoms with Crippen molar-refractivity contribution in [3.05, 3.63) is 176 Å². The second kappa shape index (κ2) is 11.2. The van der Waals surface area contributed by atoms with Crippen LogP contribution in [0.25, 0.3) is 88.1 Å². The van der Waals surface area contributed by atoms with E-state index in [9.17, 15) is 0 Å². The van der Waals surface area contributed by atoms with Crippen molar-refractivity contribution < 1.29 is 13.3 Å². The predicted octanol–water partition coefficient (Wildman–Crippen LogP) is 14.2. The van der Waals surface area contributed by atoms with Gasteiger partial charge < -0.3 is 18.2 Å². The topological polar surface area (TPSA) is 42.7 Å². The Kier molecular flexibility index (Phi) is 6.22. The third kappa shape index (κ3) is 4.41. The molecular formula is C48H29NO3. The van der Waals surface area contributed by atoms with Gasteiger partial charge >= 0.3 is 0 Å². The van der Waals surface area contributed by atoms with Crippen LogP contribution < -0.4 is 4.90 Å². The van der Waals surface area contributed by atoms with Crippen molar-refractivity contribution in [2.24, 2.45) is 0 Å². The summed E-state index contributed by atoms with van der Waals surface area (Å²) < 4.78 is 19.3. The molecule has 8 aromatic carbocycles. The number of fused-ring (bicyclic) bond motifs is 9. The summed E-state index contributed by atoms with van der Waals surface area (Å²) in [6.07, 6.45) is 0. The number of rotatable bonds is 5. The summed E-state index contributed by atoms with van der Waals surface area (Å²) in [7, 11) is 0. The van der Waals surface area contributed by atoms with Crippen molar-refractivity contribution >= 4 is 82.9 Å². The van der Waals surface area contributed by atoms with E-state index in [1.165, 1.54) is 0 Å². The maximum atomic E-state index is 6.76. The van der Waals surface area contributed by atoms with E-state index in [1.807, 2.05) is 12.1 Å². The van der Waals surface area contributed by atoms with Gasteiger partial charge in [0.1, 0.15) is 33.5 Å². The van der Waals surface area contributed by atoms with Crippen LogP contribution >= 0.6 is 0 Å². The van der Waals surface area contributed by atoms with Gasteiger partial charge in [-0.05, 0) is 95.6 Å². The molecule has 0 unspecified atom stereocenters. The fourth-order valence-corrected chi connectivity index (χ4v) is 7.85. The van der Waals surface area contributed by atoms with Gasteiger partial charge in [-0.15, -0.1) is 0 Å². The number of hydrogen-bond donors (Lipinski definition) is 0. The van der Waals surface area contributed by atoms with Crippen LogP contribution in [0, 0.1) is 0 Å². The summed E-state index contributed by atoms with van der Waals surface area (Å²) in [6.45, 7) is 0. The van der Waals surface area contributed by atoms with Gasteiger partial charge in [-0.2, -0.15) is 0 Å². The minimum atomic E-state index is 0.845. The smallest absolute Gasteiger partial charge is 0.143 e. The number of nitrogens with zero attached hydrogens (tertiary/aromatic N) is 1. The summed E-state index contributed by atoms with van der Waals surface area (Å²) in [6, 6.07) is 61.3. The van der Waals surface area contributed by atoms with Crippen LogP contribution in [0.3, 0.4) is 0 Å². The zero-order chi connectivity index (χ0) is 34.2. The number of para-hydroxylation sites is 4. The van der Waals surface area contributed by atoms with Crippen LogP contribution in [-0.2, 0) is 0 Å². The Morgan fingerprint density at radius 2 is 0.885 bits per heavy atom. The summed E-state index contributed by atoms with van der Waals surface area (Å²) in [4.78, 5) is 2.30. The van der Waals surface area contributed by atoms with Crippen LogP contribution in [0.15, 0.2) is 189 Å². The molecule has 0 aliphatic carbocycles. The zero-order valence-electron chi connectivity index (χ0n) is 27.9. The van der Waals surface area contributed by atoms with E-state index in [2.05, 4.69) is 169 Å². The largest absolute Gasteiger partial charge is 0.456 e. The van der Waals surface area contributed by atoms with Gasteiger partial charge in [-0.1, -0.05) is 97.1 Å². The third-order valence-corrected chi connectivity index (χ3v) is 10.3. The summed E-state index contributed by atoms with van der Waals surface area (Å²) in [5.41, 5.74) is 12.7. The SMILES string of the molecule is c1ccc(N(c2ccccc2)c2cccc3oc4c(-c5ccc6oc7ccc(-c8ccc9c(c8)oc8ccccc89)cc7c6c5)cccc4c23)cc1. The molecule has 0 amide bonds. The lowest BCUT2D eigenvalue weighted by Crippen LogP contribution is -2.09. The molecule has 11 aromatic rings. The molecule has 0 aliphatic rings. The highest BCUT2D eigenvalue weighted by Crippen LogP contribution is 2.45. The summed E-state index contributed by atoms with van der Waals surface area (Å²) in [5.74, 6) is 0. The predicted molar refractivity (Wildman–Crippen MR) is 214 cm³/mol. The lowest BCUT2D eigenvalue weighted by molar-refractivity contribution is 0.668. The molecule has 0 N–H and O–H groups in total. The molecule has 0 fully saturated rings. The molecule has 244 valence electrons. The average Bonchev–Trinajstić information content (AvgIpc) is 3.89. The van der Waals surface area contributed by atoms with E-state index in [-0.39, 0.29) is 0 Å². The first-order valence-electron chi connectivity index (χ1n) is 17.5. The van der Waals surface area contributed by atoms with Gasteiger partial charge in [0, 0.05) is 43.9 Å². The standard InChI is InChI=1S/C48H29NO3/c1-3-11-33(12-4-1)49(34-13-5-2-6-14-34)41-18-10-20-45-47(41)38-17-9-16-35(48(38)52-45)32-23-26-44-40(28-32)39-27-30(22-25-43(39)50-44)31-21-24-37-36-15-7-8-19-42(36)51-46(37)29-31/h1-29H. The van der Waals surface area contributed by atoms with Crippen LogP contribution in [0.2, 0.25) is 0 Å². The molecule has 0 saturated heterocycles. The van der Waals surface area contributed by atoms with Crippen molar-refractivity contribution in [1.82, 2.24) is 0 Å². The maximum Gasteiger partial charge on any atom is 0.143 e. The molecule has 4 heteroatoms. The summed E-state index contributed by atoms with van der Waals surface area (Å²) >= 11 is 0. The van der Waals surface area contributed by atoms with E-state index >= 15 is 0 Å². The molecule has 3 heterocycles. The second-order valence-corrected chi connectivity index (χ2v) is 13.3. The van der Waals surface area contributed by atoms with Crippen LogP contribution in [0.5, 0.6) is 0 Å². The first kappa shape index (κ1) is 28.8. The van der Waals surface area contributed by atoms with Crippen molar-refractivity contribution in [1.29, 1.82) is 0 Å². The van der Waals surface area contributed by atoms with Crippen molar-refractivity contribution in [2.45, 2.75) is 0 Å². The normalized spacial score (nSPS) is 11.8. The van der Waals surface area contributed by atoms with Gasteiger partial charge in [0.15, 0.2) is 0 Å². The molecule has 3 aromatic heterocycles. The van der Waals surface area contributed by atoms with E-state index in [4.69, 9.17) is 13.3 Å². The quantitative estimate of drug-likeness (QED) is 0.183. The van der Waals surface area contributed by atoms with Crippen molar-refractivity contribution in [2.75, 3.05) is 4.90 Å². The molecule has 0 spiro atoms. The highest BCUT2D eigenvalue weighted by molar-refractivity contribution is 6.17. The first-order valence-corrected chi connectivity index (χ1v) is 17.5. The molecule has 52 heavy (non-hydrogen) atoms. The Labute approximate surface area is 298 Å². The molecular weight excluding hydrogens is 639 g/mol. The van der Waals surface area contributed by atoms with Crippen molar-refractivity contribution in [3.8, 4) is 22.3 Å². The Balaban J connectivity index is 1.06. The van der Waals surface area contributed by atoms with Crippen molar-refractivity contribution in [3.63, 3.8) is 0 Å². The highest BCUT2D eigenvalue weighted by Gasteiger charge is 2.21. The molecule has 0 radical (unpaired) electrons. The second-order valence-electron chi connectivity index (χ2n) is 13.3. The van der Waals surface area contributed by atoms with E-state index in [0.29, 0.717) is 0 Å². The molecule has 4 nitrogen and oxygen atoms in total. The fourth-order valence-electron chi connectivity index (χ4n) is 7.85. The van der Waals surface area contributed by atoms with Gasteiger partial charge in [0.2, 0.25) is 0 Å². The first-order chi connectivity index (χ1) is 25.8. The van der Waals surface area contributed by atoms with Crippen LogP contribution in [0.4, 0.5) is 17.1 Å². The molecule has 0 bridgehead atoms. The van der Waals surface area contributed by atoms with Crippen LogP contribution in [-0.4, -0.2) is 0 Å². The van der Waals surface area contributed by atoms with Gasteiger partial charge in [0.05, 0.1) is 11.1 Å². The van der Waals surface area contributed by atoms with E-state index < -0.39 is 0 Å². The number of benzene rings is 8. The Morgan fingerprint density at radius 1 is 0.327 bits per heavy atom. The van der Waals surface area contributed by atoms with Gasteiger partial charge in [-0.25, -0.2) is 0 Å². The Hall–Kier alpha value is -7.04. The Bertz CT molecular complexity index is 3090. The molecule has 11 rings (SSSR count). The number of furan rings is 3. The summed E-state index contributed by atoms with van der Waals surface area (Å²) in [5, 5.41) is 6.53. The molecule has 0 atom stereocenters. The lowest BCUT2D eigenvalue weighted by Gasteiger charge is -2.26. The number of hydrogen-bond acceptors (Lipinski definition) is 4. The number of anilines is 3. The lowest BCUT2D eigenvalue weighted by atomic mass is 9.98. The van der Waals surface area contributed by atoms with E-state index in [0.717, 1.165) is 105 Å². The highest BCUT2D eigenvalue weighted by atomic mass is 16.3. The minimum absolute atomic E-state index is 0.845. The Morgan fingerprint density at radius 3 is 1.67 bits per heavy atom. The van der Waals surface area contributed by atoms with E-state index in [1.54, 1.807) is 0 Å². The third-order valence-electron chi connectivity index (χ3n) is 10.3. The minimum Gasteiger partial charge on any atom is -0.456 e. The monoisotopic (exact) mass is 667 g/mol. The fraction of sp³-hybridized carbons (Fsp3) is 0. The van der Waals surface area contributed by atoms with Crippen LogP contribution in [0.1, 0.15) is 0 Å². The molecule has 0 saturated carbocycles. The maximum absolute atomic E-state index is 6.76. The molecule has 0 aliphatic heterocycles. The zero-order valence-corrected chi connectivity index (χ0v) is 27.9. The average molecular weight is 668 g/mol.